The minimum Gasteiger partial charge on any atom is -0.465 e. The third-order valence-electron chi connectivity index (χ3n) is 5.10. The maximum absolute atomic E-state index is 5.87. The molecule has 0 heterocycles. The summed E-state index contributed by atoms with van der Waals surface area (Å²) in [6, 6.07) is 25.3. The zero-order chi connectivity index (χ0) is 24.5. The van der Waals surface area contributed by atoms with Crippen molar-refractivity contribution >= 4 is 16.6 Å². The predicted molar refractivity (Wildman–Crippen MR) is 139 cm³/mol. The average molecular weight is 483 g/mol. The third-order valence-corrected chi connectivity index (χ3v) is 7.31. The lowest BCUT2D eigenvalue weighted by Gasteiger charge is -2.16. The molecule has 6 heteroatoms. The molecule has 0 fully saturated rings. The summed E-state index contributed by atoms with van der Waals surface area (Å²) in [6.45, 7) is 8.98. The van der Waals surface area contributed by atoms with Crippen molar-refractivity contribution in [3.63, 3.8) is 0 Å². The highest BCUT2D eigenvalue weighted by molar-refractivity contribution is 7.97. The van der Waals surface area contributed by atoms with E-state index >= 15 is 0 Å². The van der Waals surface area contributed by atoms with Crippen molar-refractivity contribution in [1.29, 1.82) is 0 Å². The van der Waals surface area contributed by atoms with Gasteiger partial charge in [0, 0.05) is 39.1 Å². The van der Waals surface area contributed by atoms with Gasteiger partial charge in [0.05, 0.1) is 10.9 Å². The van der Waals surface area contributed by atoms with Gasteiger partial charge in [-0.15, -0.1) is 0 Å². The number of hydrogen-bond acceptors (Lipinski definition) is 5. The van der Waals surface area contributed by atoms with Crippen molar-refractivity contribution in [3.05, 3.63) is 72.8 Å². The molecule has 0 aliphatic rings. The Bertz CT molecular complexity index is 950. The van der Waals surface area contributed by atoms with Crippen LogP contribution in [0.25, 0.3) is 0 Å². The topological polar surface area (TPSA) is 40.2 Å². The van der Waals surface area contributed by atoms with E-state index in [0.29, 0.717) is 13.2 Å². The van der Waals surface area contributed by atoms with Crippen molar-refractivity contribution in [1.82, 2.24) is 0 Å². The van der Waals surface area contributed by atoms with Crippen LogP contribution >= 0.6 is 0 Å². The van der Waals surface area contributed by atoms with E-state index in [0.717, 1.165) is 11.5 Å². The molecule has 34 heavy (non-hydrogen) atoms. The van der Waals surface area contributed by atoms with Crippen LogP contribution in [0.15, 0.2) is 87.5 Å². The molecule has 5 nitrogen and oxygen atoms in total. The van der Waals surface area contributed by atoms with Crippen LogP contribution in [0.3, 0.4) is 0 Å². The molecular weight excluding hydrogens is 446 g/mol. The maximum Gasteiger partial charge on any atom is 0.196 e. The summed E-state index contributed by atoms with van der Waals surface area (Å²) in [7, 11) is 3.84. The van der Waals surface area contributed by atoms with Gasteiger partial charge in [-0.1, -0.05) is 6.07 Å². The van der Waals surface area contributed by atoms with Gasteiger partial charge in [0.15, 0.2) is 27.3 Å². The molecule has 0 amide bonds. The van der Waals surface area contributed by atoms with Crippen LogP contribution < -0.4 is 14.4 Å². The normalized spacial score (nSPS) is 13.7. The molecule has 0 saturated carbocycles. The zero-order valence-electron chi connectivity index (χ0n) is 21.0. The molecule has 3 aromatic carbocycles. The van der Waals surface area contributed by atoms with E-state index in [2.05, 4.69) is 67.5 Å². The summed E-state index contributed by atoms with van der Waals surface area (Å²) in [5.74, 6) is 1.59. The van der Waals surface area contributed by atoms with Gasteiger partial charge in [-0.05, 0) is 88.4 Å². The average Bonchev–Trinajstić information content (AvgIpc) is 2.82. The van der Waals surface area contributed by atoms with E-state index in [4.69, 9.17) is 18.9 Å². The third kappa shape index (κ3) is 7.16. The lowest BCUT2D eigenvalue weighted by Crippen LogP contribution is -2.16. The smallest absolute Gasteiger partial charge is 0.196 e. The Labute approximate surface area is 207 Å². The van der Waals surface area contributed by atoms with Crippen molar-refractivity contribution in [2.24, 2.45) is 0 Å². The SMILES string of the molecule is CCOC(C)Oc1ccc([S+](c2ccc(OC(C)OCC)cc2)c2cccc(N(C)C)c2)cc1. The minimum absolute atomic E-state index is 0.280. The molecule has 2 atom stereocenters. The van der Waals surface area contributed by atoms with Crippen LogP contribution in [0, 0.1) is 0 Å². The van der Waals surface area contributed by atoms with Gasteiger partial charge >= 0.3 is 0 Å². The van der Waals surface area contributed by atoms with E-state index < -0.39 is 0 Å². The molecule has 0 aliphatic carbocycles. The number of nitrogens with zero attached hydrogens (tertiary/aromatic N) is 1. The van der Waals surface area contributed by atoms with Crippen LogP contribution in [-0.2, 0) is 20.4 Å². The van der Waals surface area contributed by atoms with E-state index in [1.54, 1.807) is 0 Å². The number of benzene rings is 3. The van der Waals surface area contributed by atoms with Crippen LogP contribution in [0.2, 0.25) is 0 Å². The second kappa shape index (κ2) is 12.7. The molecule has 0 aromatic heterocycles. The molecule has 182 valence electrons. The molecule has 0 radical (unpaired) electrons. The van der Waals surface area contributed by atoms with E-state index in [1.807, 2.05) is 52.0 Å². The first-order valence-electron chi connectivity index (χ1n) is 11.7. The first kappa shape index (κ1) is 25.9. The number of ether oxygens (including phenoxy) is 4. The van der Waals surface area contributed by atoms with Crippen molar-refractivity contribution in [2.45, 2.75) is 55.0 Å². The Morgan fingerprint density at radius 3 is 1.56 bits per heavy atom. The fraction of sp³-hybridized carbons (Fsp3) is 0.357. The fourth-order valence-corrected chi connectivity index (χ4v) is 5.61. The predicted octanol–water partition coefficient (Wildman–Crippen LogP) is 6.37. The number of rotatable bonds is 12. The van der Waals surface area contributed by atoms with Crippen LogP contribution in [-0.4, -0.2) is 39.9 Å². The van der Waals surface area contributed by atoms with Crippen LogP contribution in [0.1, 0.15) is 27.7 Å². The lowest BCUT2D eigenvalue weighted by atomic mass is 10.3. The first-order valence-corrected chi connectivity index (χ1v) is 12.9. The van der Waals surface area contributed by atoms with Crippen LogP contribution in [0.4, 0.5) is 5.69 Å². The Balaban J connectivity index is 1.93. The number of hydrogen-bond donors (Lipinski definition) is 0. The van der Waals surface area contributed by atoms with Gasteiger partial charge in [-0.2, -0.15) is 0 Å². The molecule has 0 spiro atoms. The highest BCUT2D eigenvalue weighted by atomic mass is 32.2. The highest BCUT2D eigenvalue weighted by Gasteiger charge is 2.29. The summed E-state index contributed by atoms with van der Waals surface area (Å²) in [4.78, 5) is 5.80. The van der Waals surface area contributed by atoms with Crippen molar-refractivity contribution in [2.75, 3.05) is 32.2 Å². The standard InChI is InChI=1S/C28H36NO4S/c1-7-30-21(3)32-24-12-16-26(17-13-24)34(28-11-9-10-23(20-28)29(5)6)27-18-14-25(15-19-27)33-22(4)31-8-2/h9-22H,7-8H2,1-6H3/q+1. The van der Waals surface area contributed by atoms with Gasteiger partial charge in [-0.25, -0.2) is 0 Å². The number of anilines is 1. The fourth-order valence-electron chi connectivity index (χ4n) is 3.53. The maximum atomic E-state index is 5.87. The summed E-state index contributed by atoms with van der Waals surface area (Å²) in [6.07, 6.45) is -0.560. The second-order valence-electron chi connectivity index (χ2n) is 7.92. The van der Waals surface area contributed by atoms with Gasteiger partial charge in [0.25, 0.3) is 0 Å². The summed E-state index contributed by atoms with van der Waals surface area (Å²) < 4.78 is 22.8. The molecule has 3 aromatic rings. The summed E-state index contributed by atoms with van der Waals surface area (Å²) in [5, 5.41) is 0. The molecule has 3 rings (SSSR count). The van der Waals surface area contributed by atoms with Crippen molar-refractivity contribution < 1.29 is 18.9 Å². The lowest BCUT2D eigenvalue weighted by molar-refractivity contribution is -0.0616. The molecule has 0 aliphatic heterocycles. The summed E-state index contributed by atoms with van der Waals surface area (Å²) in [5.41, 5.74) is 1.17. The van der Waals surface area contributed by atoms with E-state index in [9.17, 15) is 0 Å². The van der Waals surface area contributed by atoms with Gasteiger partial charge in [-0.3, -0.25) is 0 Å². The zero-order valence-corrected chi connectivity index (χ0v) is 21.8. The van der Waals surface area contributed by atoms with Gasteiger partial charge < -0.3 is 23.8 Å². The van der Waals surface area contributed by atoms with E-state index in [-0.39, 0.29) is 23.5 Å². The Hall–Kier alpha value is -2.67. The Morgan fingerprint density at radius 1 is 0.676 bits per heavy atom. The quantitative estimate of drug-likeness (QED) is 0.222. The van der Waals surface area contributed by atoms with Crippen molar-refractivity contribution in [3.8, 4) is 11.5 Å². The Kier molecular flexibility index (Phi) is 9.69. The second-order valence-corrected chi connectivity index (χ2v) is 9.95. The highest BCUT2D eigenvalue weighted by Crippen LogP contribution is 2.34. The molecule has 0 bridgehead atoms. The van der Waals surface area contributed by atoms with Crippen LogP contribution in [0.5, 0.6) is 11.5 Å². The molecule has 0 saturated heterocycles. The molecule has 2 unspecified atom stereocenters. The first-order chi connectivity index (χ1) is 16.4. The van der Waals surface area contributed by atoms with Gasteiger partial charge in [0.2, 0.25) is 0 Å². The molecule has 0 N–H and O–H groups in total. The minimum atomic E-state index is -0.290. The Morgan fingerprint density at radius 2 is 1.15 bits per heavy atom. The van der Waals surface area contributed by atoms with Gasteiger partial charge in [0.1, 0.15) is 11.5 Å². The monoisotopic (exact) mass is 482 g/mol. The molecular formula is C28H36NO4S+. The summed E-state index contributed by atoms with van der Waals surface area (Å²) >= 11 is 0. The van der Waals surface area contributed by atoms with E-state index in [1.165, 1.54) is 20.4 Å². The largest absolute Gasteiger partial charge is 0.465 e.